The molecule has 2 amide bonds. The average Bonchev–Trinajstić information content (AvgIpc) is 3.38. The molecule has 28 heavy (non-hydrogen) atoms. The van der Waals surface area contributed by atoms with Crippen LogP contribution in [0.1, 0.15) is 48.9 Å². The number of carbonyl (C=O) groups excluding carboxylic acids is 1. The topological polar surface area (TPSA) is 91.7 Å². The molecule has 0 bridgehead atoms. The summed E-state index contributed by atoms with van der Waals surface area (Å²) in [5.41, 5.74) is 1.97. The Balaban J connectivity index is 1.32. The van der Waals surface area contributed by atoms with Gasteiger partial charge in [-0.05, 0) is 38.8 Å². The summed E-state index contributed by atoms with van der Waals surface area (Å²) in [5.74, 6) is 2.01. The lowest BCUT2D eigenvalue weighted by Crippen LogP contribution is -2.44. The van der Waals surface area contributed by atoms with Crippen molar-refractivity contribution in [1.82, 2.24) is 35.2 Å². The summed E-state index contributed by atoms with van der Waals surface area (Å²) in [6.07, 6.45) is 5.52. The van der Waals surface area contributed by atoms with E-state index in [1.165, 1.54) is 0 Å². The third-order valence-electron chi connectivity index (χ3n) is 5.23. The van der Waals surface area contributed by atoms with E-state index in [1.54, 1.807) is 6.20 Å². The number of benzene rings is 1. The van der Waals surface area contributed by atoms with E-state index in [4.69, 9.17) is 0 Å². The number of likely N-dealkylation sites (tertiary alicyclic amines) is 1. The van der Waals surface area contributed by atoms with Crippen LogP contribution in [-0.4, -0.2) is 49.0 Å². The number of aryl methyl sites for hydroxylation is 1. The Bertz CT molecular complexity index is 925. The number of hydrogen-bond acceptors (Lipinski definition) is 4. The second-order valence-corrected chi connectivity index (χ2v) is 7.27. The van der Waals surface area contributed by atoms with Crippen molar-refractivity contribution in [2.24, 2.45) is 0 Å². The van der Waals surface area contributed by atoms with Gasteiger partial charge >= 0.3 is 6.03 Å². The van der Waals surface area contributed by atoms with E-state index in [1.807, 2.05) is 60.0 Å². The van der Waals surface area contributed by atoms with E-state index in [9.17, 15) is 4.79 Å². The zero-order valence-corrected chi connectivity index (χ0v) is 16.2. The molecule has 3 heterocycles. The number of para-hydroxylation sites is 1. The second kappa shape index (κ2) is 7.84. The first-order valence-electron chi connectivity index (χ1n) is 9.64. The first-order valence-corrected chi connectivity index (χ1v) is 9.64. The highest BCUT2D eigenvalue weighted by Gasteiger charge is 2.27. The number of aromatic nitrogens is 5. The third-order valence-corrected chi connectivity index (χ3v) is 5.23. The number of nitrogens with one attached hydrogen (secondary N) is 2. The highest BCUT2D eigenvalue weighted by molar-refractivity contribution is 5.74. The number of piperidine rings is 1. The van der Waals surface area contributed by atoms with E-state index in [-0.39, 0.29) is 12.1 Å². The Morgan fingerprint density at radius 1 is 1.25 bits per heavy atom. The quantitative estimate of drug-likeness (QED) is 0.729. The van der Waals surface area contributed by atoms with Crippen LogP contribution in [0.5, 0.6) is 0 Å². The first kappa shape index (κ1) is 18.2. The summed E-state index contributed by atoms with van der Waals surface area (Å²) in [7, 11) is 0. The van der Waals surface area contributed by atoms with Crippen molar-refractivity contribution >= 4 is 6.03 Å². The van der Waals surface area contributed by atoms with Gasteiger partial charge in [-0.1, -0.05) is 18.2 Å². The van der Waals surface area contributed by atoms with Crippen LogP contribution >= 0.6 is 0 Å². The Kier molecular flexibility index (Phi) is 5.10. The van der Waals surface area contributed by atoms with Crippen molar-refractivity contribution in [3.63, 3.8) is 0 Å². The Labute approximate surface area is 164 Å². The SMILES string of the molecule is Cc1nc(C2CCN(C(=O)N[C@H](C)c3cnn(-c4ccccc4)c3)CC2)n[nH]1. The number of rotatable bonds is 4. The van der Waals surface area contributed by atoms with Gasteiger partial charge in [0.2, 0.25) is 0 Å². The van der Waals surface area contributed by atoms with Crippen LogP contribution in [0.3, 0.4) is 0 Å². The van der Waals surface area contributed by atoms with Crippen molar-refractivity contribution in [3.05, 3.63) is 59.9 Å². The molecule has 2 N–H and O–H groups in total. The van der Waals surface area contributed by atoms with Gasteiger partial charge in [0.05, 0.1) is 17.9 Å². The summed E-state index contributed by atoms with van der Waals surface area (Å²) < 4.78 is 1.82. The van der Waals surface area contributed by atoms with Crippen molar-refractivity contribution in [2.75, 3.05) is 13.1 Å². The Morgan fingerprint density at radius 3 is 2.68 bits per heavy atom. The largest absolute Gasteiger partial charge is 0.331 e. The standard InChI is InChI=1S/C20H25N7O/c1-14(17-12-21-27(13-17)18-6-4-3-5-7-18)22-20(28)26-10-8-16(9-11-26)19-23-15(2)24-25-19/h3-7,12-14,16H,8-11H2,1-2H3,(H,22,28)(H,23,24,25)/t14-/m1/s1. The molecule has 0 spiro atoms. The normalized spacial score (nSPS) is 16.1. The monoisotopic (exact) mass is 379 g/mol. The maximum atomic E-state index is 12.7. The Hall–Kier alpha value is -3.16. The summed E-state index contributed by atoms with van der Waals surface area (Å²) in [6, 6.07) is 9.78. The Morgan fingerprint density at radius 2 is 2.00 bits per heavy atom. The fraction of sp³-hybridized carbons (Fsp3) is 0.400. The minimum absolute atomic E-state index is 0.0374. The molecular weight excluding hydrogens is 354 g/mol. The molecule has 0 unspecified atom stereocenters. The van der Waals surface area contributed by atoms with Crippen molar-refractivity contribution in [2.45, 2.75) is 38.6 Å². The molecule has 0 saturated carbocycles. The molecule has 0 radical (unpaired) electrons. The fourth-order valence-electron chi connectivity index (χ4n) is 3.53. The second-order valence-electron chi connectivity index (χ2n) is 7.27. The molecule has 1 atom stereocenters. The van der Waals surface area contributed by atoms with Gasteiger partial charge < -0.3 is 10.2 Å². The van der Waals surface area contributed by atoms with Crippen LogP contribution in [0.25, 0.3) is 5.69 Å². The van der Waals surface area contributed by atoms with Gasteiger partial charge in [0.25, 0.3) is 0 Å². The van der Waals surface area contributed by atoms with E-state index in [0.29, 0.717) is 19.0 Å². The van der Waals surface area contributed by atoms with Crippen molar-refractivity contribution in [3.8, 4) is 5.69 Å². The predicted octanol–water partition coefficient (Wildman–Crippen LogP) is 2.95. The lowest BCUT2D eigenvalue weighted by Gasteiger charge is -2.31. The van der Waals surface area contributed by atoms with Gasteiger partial charge in [0, 0.05) is 30.8 Å². The number of urea groups is 1. The first-order chi connectivity index (χ1) is 13.6. The number of H-pyrrole nitrogens is 1. The van der Waals surface area contributed by atoms with Crippen molar-refractivity contribution in [1.29, 1.82) is 0 Å². The molecule has 1 saturated heterocycles. The number of hydrogen-bond donors (Lipinski definition) is 2. The lowest BCUT2D eigenvalue weighted by atomic mass is 9.96. The van der Waals surface area contributed by atoms with Gasteiger partial charge in [0.15, 0.2) is 5.82 Å². The molecule has 4 rings (SSSR count). The average molecular weight is 379 g/mol. The minimum atomic E-state index is -0.113. The molecule has 1 aliphatic rings. The van der Waals surface area contributed by atoms with Crippen LogP contribution in [0.15, 0.2) is 42.7 Å². The molecule has 146 valence electrons. The molecule has 8 nitrogen and oxygen atoms in total. The van der Waals surface area contributed by atoms with Gasteiger partial charge in [0.1, 0.15) is 5.82 Å². The lowest BCUT2D eigenvalue weighted by molar-refractivity contribution is 0.177. The molecule has 0 aliphatic carbocycles. The number of carbonyl (C=O) groups is 1. The molecule has 8 heteroatoms. The van der Waals surface area contributed by atoms with Gasteiger partial charge in [-0.25, -0.2) is 14.5 Å². The maximum Gasteiger partial charge on any atom is 0.317 e. The molecule has 1 aliphatic heterocycles. The number of amides is 2. The molecule has 1 aromatic carbocycles. The molecule has 1 fully saturated rings. The molecule has 3 aromatic rings. The summed E-state index contributed by atoms with van der Waals surface area (Å²) in [6.45, 7) is 5.30. The predicted molar refractivity (Wildman–Crippen MR) is 105 cm³/mol. The third kappa shape index (κ3) is 3.90. The summed E-state index contributed by atoms with van der Waals surface area (Å²) in [5, 5.41) is 14.6. The van der Waals surface area contributed by atoms with Crippen LogP contribution in [-0.2, 0) is 0 Å². The zero-order valence-electron chi connectivity index (χ0n) is 16.2. The molecular formula is C20H25N7O. The van der Waals surface area contributed by atoms with Crippen LogP contribution in [0.2, 0.25) is 0 Å². The minimum Gasteiger partial charge on any atom is -0.331 e. The van der Waals surface area contributed by atoms with Gasteiger partial charge in [-0.2, -0.15) is 10.2 Å². The van der Waals surface area contributed by atoms with Gasteiger partial charge in [-0.15, -0.1) is 0 Å². The fourth-order valence-corrected chi connectivity index (χ4v) is 3.53. The zero-order chi connectivity index (χ0) is 19.5. The summed E-state index contributed by atoms with van der Waals surface area (Å²) >= 11 is 0. The van der Waals surface area contributed by atoms with Crippen LogP contribution in [0, 0.1) is 6.92 Å². The van der Waals surface area contributed by atoms with E-state index in [0.717, 1.165) is 35.7 Å². The number of nitrogens with zero attached hydrogens (tertiary/aromatic N) is 5. The molecule has 2 aromatic heterocycles. The number of aromatic amines is 1. The highest BCUT2D eigenvalue weighted by atomic mass is 16.2. The van der Waals surface area contributed by atoms with E-state index in [2.05, 4.69) is 25.6 Å². The smallest absolute Gasteiger partial charge is 0.317 e. The van der Waals surface area contributed by atoms with E-state index < -0.39 is 0 Å². The van der Waals surface area contributed by atoms with E-state index >= 15 is 0 Å². The van der Waals surface area contributed by atoms with Crippen LogP contribution < -0.4 is 5.32 Å². The highest BCUT2D eigenvalue weighted by Crippen LogP contribution is 2.25. The summed E-state index contributed by atoms with van der Waals surface area (Å²) in [4.78, 5) is 18.9. The maximum absolute atomic E-state index is 12.7. The van der Waals surface area contributed by atoms with Gasteiger partial charge in [-0.3, -0.25) is 5.10 Å². The van der Waals surface area contributed by atoms with Crippen LogP contribution in [0.4, 0.5) is 4.79 Å². The van der Waals surface area contributed by atoms with Crippen molar-refractivity contribution < 1.29 is 4.79 Å².